The molecule has 0 unspecified atom stereocenters. The zero-order valence-electron chi connectivity index (χ0n) is 9.72. The number of aromatic nitrogens is 1. The van der Waals surface area contributed by atoms with Gasteiger partial charge in [0.15, 0.2) is 5.15 Å². The van der Waals surface area contributed by atoms with E-state index in [4.69, 9.17) is 11.6 Å². The maximum atomic E-state index is 11.7. The van der Waals surface area contributed by atoms with E-state index in [1.165, 1.54) is 19.4 Å². The lowest BCUT2D eigenvalue weighted by Gasteiger charge is -2.08. The number of pyridine rings is 1. The third-order valence-electron chi connectivity index (χ3n) is 2.05. The molecular formula is C10H13ClN2O4S. The molecular weight excluding hydrogens is 280 g/mol. The van der Waals surface area contributed by atoms with Crippen molar-refractivity contribution in [1.82, 2.24) is 4.98 Å². The molecule has 0 bridgehead atoms. The first-order chi connectivity index (χ1) is 8.44. The van der Waals surface area contributed by atoms with Crippen LogP contribution in [-0.2, 0) is 19.6 Å². The Morgan fingerprint density at radius 3 is 2.89 bits per heavy atom. The molecule has 0 fully saturated rings. The third-order valence-corrected chi connectivity index (χ3v) is 3.70. The Balaban J connectivity index is 2.55. The normalized spacial score (nSPS) is 11.0. The van der Waals surface area contributed by atoms with Gasteiger partial charge in [-0.1, -0.05) is 11.6 Å². The summed E-state index contributed by atoms with van der Waals surface area (Å²) in [6.45, 7) is 0. The number of hydrogen-bond donors (Lipinski definition) is 1. The molecule has 0 spiro atoms. The summed E-state index contributed by atoms with van der Waals surface area (Å²) >= 11 is 5.73. The predicted molar refractivity (Wildman–Crippen MR) is 67.9 cm³/mol. The Morgan fingerprint density at radius 2 is 2.28 bits per heavy atom. The molecule has 0 aliphatic heterocycles. The Bertz CT molecular complexity index is 518. The summed E-state index contributed by atoms with van der Waals surface area (Å²) in [7, 11) is -2.29. The topological polar surface area (TPSA) is 85.4 Å². The van der Waals surface area contributed by atoms with E-state index in [1.54, 1.807) is 6.07 Å². The van der Waals surface area contributed by atoms with Crippen molar-refractivity contribution in [2.24, 2.45) is 0 Å². The Hall–Kier alpha value is -1.34. The van der Waals surface area contributed by atoms with Crippen molar-refractivity contribution in [3.63, 3.8) is 0 Å². The van der Waals surface area contributed by atoms with Gasteiger partial charge in [-0.05, 0) is 18.6 Å². The van der Waals surface area contributed by atoms with E-state index < -0.39 is 16.0 Å². The van der Waals surface area contributed by atoms with Gasteiger partial charge >= 0.3 is 5.97 Å². The molecule has 0 aromatic carbocycles. The lowest BCUT2D eigenvalue weighted by molar-refractivity contribution is -0.140. The van der Waals surface area contributed by atoms with Crippen LogP contribution in [0.5, 0.6) is 0 Å². The van der Waals surface area contributed by atoms with Crippen molar-refractivity contribution < 1.29 is 17.9 Å². The van der Waals surface area contributed by atoms with Crippen LogP contribution < -0.4 is 4.72 Å². The summed E-state index contributed by atoms with van der Waals surface area (Å²) in [4.78, 5) is 14.6. The van der Waals surface area contributed by atoms with Crippen LogP contribution in [0.25, 0.3) is 0 Å². The minimum Gasteiger partial charge on any atom is -0.469 e. The summed E-state index contributed by atoms with van der Waals surface area (Å²) in [5.74, 6) is -0.627. The molecule has 6 nitrogen and oxygen atoms in total. The van der Waals surface area contributed by atoms with E-state index >= 15 is 0 Å². The highest BCUT2D eigenvalue weighted by Gasteiger charge is 2.13. The number of methoxy groups -OCH3 is 1. The van der Waals surface area contributed by atoms with E-state index in [1.807, 2.05) is 0 Å². The van der Waals surface area contributed by atoms with Gasteiger partial charge in [-0.25, -0.2) is 13.4 Å². The zero-order chi connectivity index (χ0) is 13.6. The molecule has 8 heteroatoms. The van der Waals surface area contributed by atoms with Gasteiger partial charge in [0.1, 0.15) is 0 Å². The van der Waals surface area contributed by atoms with Gasteiger partial charge in [-0.2, -0.15) is 0 Å². The number of hydrogen-bond acceptors (Lipinski definition) is 5. The maximum Gasteiger partial charge on any atom is 0.305 e. The first kappa shape index (κ1) is 14.7. The van der Waals surface area contributed by atoms with Crippen molar-refractivity contribution in [3.8, 4) is 0 Å². The fourth-order valence-electron chi connectivity index (χ4n) is 1.19. The number of halogens is 1. The minimum atomic E-state index is -3.54. The monoisotopic (exact) mass is 292 g/mol. The summed E-state index contributed by atoms with van der Waals surface area (Å²) in [5, 5.41) is 0.0778. The highest BCUT2D eigenvalue weighted by atomic mass is 35.5. The first-order valence-corrected chi connectivity index (χ1v) is 7.15. The van der Waals surface area contributed by atoms with E-state index in [-0.39, 0.29) is 29.4 Å². The molecule has 0 atom stereocenters. The molecule has 1 N–H and O–H groups in total. The summed E-state index contributed by atoms with van der Waals surface area (Å²) in [6.07, 6.45) is 1.69. The molecule has 0 aliphatic carbocycles. The standard InChI is InChI=1S/C10H13ClN2O4S/c1-17-9(14)5-3-7-18(15,16)13-8-4-2-6-12-10(8)11/h2,4,6,13H,3,5,7H2,1H3. The van der Waals surface area contributed by atoms with Crippen LogP contribution in [0, 0.1) is 0 Å². The Morgan fingerprint density at radius 1 is 1.56 bits per heavy atom. The van der Waals surface area contributed by atoms with Crippen molar-refractivity contribution in [3.05, 3.63) is 23.5 Å². The number of sulfonamides is 1. The summed E-state index contributed by atoms with van der Waals surface area (Å²) < 4.78 is 30.1. The van der Waals surface area contributed by atoms with Crippen LogP contribution in [0.2, 0.25) is 5.15 Å². The second-order valence-electron chi connectivity index (χ2n) is 3.44. The van der Waals surface area contributed by atoms with Crippen LogP contribution >= 0.6 is 11.6 Å². The van der Waals surface area contributed by atoms with Crippen molar-refractivity contribution >= 4 is 33.3 Å². The molecule has 1 heterocycles. The minimum absolute atomic E-state index is 0.0538. The molecule has 0 amide bonds. The molecule has 18 heavy (non-hydrogen) atoms. The number of carbonyl (C=O) groups excluding carboxylic acids is 1. The molecule has 0 aliphatic rings. The van der Waals surface area contributed by atoms with Gasteiger partial charge in [-0.3, -0.25) is 9.52 Å². The average Bonchev–Trinajstić information content (AvgIpc) is 2.31. The largest absolute Gasteiger partial charge is 0.469 e. The molecule has 0 saturated carbocycles. The Labute approximate surface area is 110 Å². The molecule has 1 aromatic heterocycles. The van der Waals surface area contributed by atoms with Crippen LogP contribution in [0.1, 0.15) is 12.8 Å². The highest BCUT2D eigenvalue weighted by Crippen LogP contribution is 2.19. The lowest BCUT2D eigenvalue weighted by atomic mass is 10.3. The summed E-state index contributed by atoms with van der Waals surface area (Å²) in [6, 6.07) is 3.07. The van der Waals surface area contributed by atoms with E-state index in [0.717, 1.165) is 0 Å². The van der Waals surface area contributed by atoms with Gasteiger partial charge < -0.3 is 4.74 Å². The third kappa shape index (κ3) is 4.89. The van der Waals surface area contributed by atoms with Crippen molar-refractivity contribution in [2.45, 2.75) is 12.8 Å². The van der Waals surface area contributed by atoms with Gasteiger partial charge in [0.2, 0.25) is 10.0 Å². The fraction of sp³-hybridized carbons (Fsp3) is 0.400. The van der Waals surface area contributed by atoms with Gasteiger partial charge in [-0.15, -0.1) is 0 Å². The number of nitrogens with zero attached hydrogens (tertiary/aromatic N) is 1. The maximum absolute atomic E-state index is 11.7. The van der Waals surface area contributed by atoms with E-state index in [2.05, 4.69) is 14.4 Å². The first-order valence-electron chi connectivity index (χ1n) is 5.12. The number of carbonyl (C=O) groups is 1. The van der Waals surface area contributed by atoms with Crippen LogP contribution in [-0.4, -0.2) is 32.2 Å². The van der Waals surface area contributed by atoms with E-state index in [0.29, 0.717) is 0 Å². The van der Waals surface area contributed by atoms with Gasteiger partial charge in [0.05, 0.1) is 18.6 Å². The Kier molecular flexibility index (Phi) is 5.36. The quantitative estimate of drug-likeness (QED) is 0.633. The van der Waals surface area contributed by atoms with Crippen LogP contribution in [0.15, 0.2) is 18.3 Å². The SMILES string of the molecule is COC(=O)CCCS(=O)(=O)Nc1cccnc1Cl. The molecule has 1 aromatic rings. The molecule has 0 saturated heterocycles. The predicted octanol–water partition coefficient (Wildman–Crippen LogP) is 1.43. The average molecular weight is 293 g/mol. The van der Waals surface area contributed by atoms with Crippen molar-refractivity contribution in [2.75, 3.05) is 17.6 Å². The molecule has 100 valence electrons. The second-order valence-corrected chi connectivity index (χ2v) is 5.64. The second kappa shape index (κ2) is 6.55. The lowest BCUT2D eigenvalue weighted by Crippen LogP contribution is -2.18. The molecule has 1 rings (SSSR count). The van der Waals surface area contributed by atoms with Crippen molar-refractivity contribution in [1.29, 1.82) is 0 Å². The summed E-state index contributed by atoms with van der Waals surface area (Å²) in [5.41, 5.74) is 0.220. The van der Waals surface area contributed by atoms with E-state index in [9.17, 15) is 13.2 Å². The van der Waals surface area contributed by atoms with Crippen LogP contribution in [0.4, 0.5) is 5.69 Å². The highest BCUT2D eigenvalue weighted by molar-refractivity contribution is 7.92. The number of rotatable bonds is 6. The molecule has 0 radical (unpaired) electrons. The number of esters is 1. The number of ether oxygens (including phenoxy) is 1. The number of nitrogens with one attached hydrogen (secondary N) is 1. The fourth-order valence-corrected chi connectivity index (χ4v) is 2.54. The van der Waals surface area contributed by atoms with Gasteiger partial charge in [0.25, 0.3) is 0 Å². The smallest absolute Gasteiger partial charge is 0.305 e. The van der Waals surface area contributed by atoms with Gasteiger partial charge in [0, 0.05) is 12.6 Å². The number of anilines is 1. The van der Waals surface area contributed by atoms with Crippen LogP contribution in [0.3, 0.4) is 0 Å². The zero-order valence-corrected chi connectivity index (χ0v) is 11.3.